The summed E-state index contributed by atoms with van der Waals surface area (Å²) in [4.78, 5) is 12.5. The molecular formula is C18H27N3O3S. The molecule has 0 aliphatic carbocycles. The molecule has 0 bridgehead atoms. The first-order valence-electron chi connectivity index (χ1n) is 9.05. The van der Waals surface area contributed by atoms with Gasteiger partial charge in [-0.25, -0.2) is 0 Å². The van der Waals surface area contributed by atoms with Crippen molar-refractivity contribution in [1.29, 1.82) is 0 Å². The number of aryl methyl sites for hydroxylation is 1. The van der Waals surface area contributed by atoms with Crippen LogP contribution in [0.5, 0.6) is 0 Å². The number of piperidine rings is 1. The Labute approximate surface area is 150 Å². The van der Waals surface area contributed by atoms with Crippen molar-refractivity contribution in [2.24, 2.45) is 5.92 Å². The third-order valence-electron chi connectivity index (χ3n) is 5.06. The van der Waals surface area contributed by atoms with Crippen LogP contribution < -0.4 is 5.32 Å². The van der Waals surface area contributed by atoms with E-state index in [1.165, 1.54) is 9.87 Å². The van der Waals surface area contributed by atoms with Crippen LogP contribution in [0.2, 0.25) is 0 Å². The Morgan fingerprint density at radius 1 is 1.08 bits per heavy atom. The van der Waals surface area contributed by atoms with Crippen LogP contribution in [0.15, 0.2) is 24.3 Å². The van der Waals surface area contributed by atoms with Gasteiger partial charge in [0.05, 0.1) is 5.92 Å². The number of carbonyl (C=O) groups excluding carboxylic acids is 1. The number of nitrogens with one attached hydrogen (secondary N) is 1. The molecule has 2 aliphatic rings. The maximum atomic E-state index is 12.7. The maximum absolute atomic E-state index is 12.7. The van der Waals surface area contributed by atoms with Crippen molar-refractivity contribution in [2.45, 2.75) is 39.2 Å². The lowest BCUT2D eigenvalue weighted by atomic mass is 9.98. The largest absolute Gasteiger partial charge is 0.352 e. The first-order chi connectivity index (χ1) is 12.0. The van der Waals surface area contributed by atoms with E-state index in [0.717, 1.165) is 31.2 Å². The Bertz CT molecular complexity index is 697. The topological polar surface area (TPSA) is 69.7 Å². The molecule has 1 amide bonds. The number of hydrogen-bond acceptors (Lipinski definition) is 3. The summed E-state index contributed by atoms with van der Waals surface area (Å²) in [5.74, 6) is -0.321. The van der Waals surface area contributed by atoms with Gasteiger partial charge < -0.3 is 5.32 Å². The number of hydrogen-bond donors (Lipinski definition) is 1. The molecule has 2 saturated heterocycles. The van der Waals surface area contributed by atoms with E-state index in [2.05, 4.69) is 5.32 Å². The quantitative estimate of drug-likeness (QED) is 0.863. The van der Waals surface area contributed by atoms with Gasteiger partial charge >= 0.3 is 0 Å². The van der Waals surface area contributed by atoms with Crippen LogP contribution in [0, 0.1) is 12.8 Å². The molecule has 2 heterocycles. The van der Waals surface area contributed by atoms with Gasteiger partial charge in [0.1, 0.15) is 0 Å². The highest BCUT2D eigenvalue weighted by Crippen LogP contribution is 2.23. The molecule has 2 aliphatic heterocycles. The van der Waals surface area contributed by atoms with E-state index in [0.29, 0.717) is 32.7 Å². The van der Waals surface area contributed by atoms with Crippen molar-refractivity contribution in [3.8, 4) is 0 Å². The summed E-state index contributed by atoms with van der Waals surface area (Å²) < 4.78 is 28.4. The van der Waals surface area contributed by atoms with E-state index in [4.69, 9.17) is 0 Å². The minimum atomic E-state index is -3.41. The van der Waals surface area contributed by atoms with E-state index < -0.39 is 10.2 Å². The lowest BCUT2D eigenvalue weighted by Crippen LogP contribution is -2.49. The van der Waals surface area contributed by atoms with Crippen LogP contribution in [0.3, 0.4) is 0 Å². The smallest absolute Gasteiger partial charge is 0.281 e. The average molecular weight is 365 g/mol. The third-order valence-corrected chi connectivity index (χ3v) is 7.06. The third kappa shape index (κ3) is 4.40. The van der Waals surface area contributed by atoms with E-state index in [1.807, 2.05) is 31.2 Å². The summed E-state index contributed by atoms with van der Waals surface area (Å²) in [5.41, 5.74) is 2.24. The Hall–Kier alpha value is -1.44. The average Bonchev–Trinajstić information content (AvgIpc) is 3.16. The fourth-order valence-electron chi connectivity index (χ4n) is 3.49. The van der Waals surface area contributed by atoms with E-state index in [1.54, 1.807) is 4.31 Å². The molecular weight excluding hydrogens is 338 g/mol. The Kier molecular flexibility index (Phi) is 5.76. The standard InChI is InChI=1S/C18H27N3O3S/c1-15-6-8-16(9-7-15)13-19-18(22)17-5-4-12-21(14-17)25(23,24)20-10-2-3-11-20/h6-9,17H,2-5,10-14H2,1H3,(H,19,22). The van der Waals surface area contributed by atoms with Crippen molar-refractivity contribution in [3.05, 3.63) is 35.4 Å². The summed E-state index contributed by atoms with van der Waals surface area (Å²) in [6, 6.07) is 8.04. The zero-order valence-corrected chi connectivity index (χ0v) is 15.6. The summed E-state index contributed by atoms with van der Waals surface area (Å²) in [5, 5.41) is 2.96. The molecule has 2 fully saturated rings. The number of nitrogens with zero attached hydrogens (tertiary/aromatic N) is 2. The molecule has 138 valence electrons. The molecule has 0 spiro atoms. The molecule has 1 aromatic rings. The molecule has 3 rings (SSSR count). The number of amides is 1. The highest BCUT2D eigenvalue weighted by atomic mass is 32.2. The maximum Gasteiger partial charge on any atom is 0.281 e. The second-order valence-electron chi connectivity index (χ2n) is 7.01. The molecule has 7 heteroatoms. The van der Waals surface area contributed by atoms with Gasteiger partial charge in [-0.2, -0.15) is 17.0 Å². The van der Waals surface area contributed by atoms with E-state index in [9.17, 15) is 13.2 Å². The molecule has 0 aromatic heterocycles. The predicted molar refractivity (Wildman–Crippen MR) is 97.0 cm³/mol. The second-order valence-corrected chi connectivity index (χ2v) is 8.94. The summed E-state index contributed by atoms with van der Waals surface area (Å²) in [7, 11) is -3.41. The summed E-state index contributed by atoms with van der Waals surface area (Å²) >= 11 is 0. The predicted octanol–water partition coefficient (Wildman–Crippen LogP) is 1.66. The monoisotopic (exact) mass is 365 g/mol. The van der Waals surface area contributed by atoms with Crippen molar-refractivity contribution >= 4 is 16.1 Å². The molecule has 1 unspecified atom stereocenters. The normalized spacial score (nSPS) is 22.8. The molecule has 1 aromatic carbocycles. The highest BCUT2D eigenvalue weighted by molar-refractivity contribution is 7.86. The van der Waals surface area contributed by atoms with Gasteiger partial charge in [0, 0.05) is 32.7 Å². The van der Waals surface area contributed by atoms with Crippen LogP contribution in [-0.2, 0) is 21.5 Å². The molecule has 6 nitrogen and oxygen atoms in total. The first kappa shape index (κ1) is 18.4. The SMILES string of the molecule is Cc1ccc(CNC(=O)C2CCCN(S(=O)(=O)N3CCCC3)C2)cc1. The van der Waals surface area contributed by atoms with E-state index >= 15 is 0 Å². The van der Waals surface area contributed by atoms with Gasteiger partial charge in [0.2, 0.25) is 5.91 Å². The van der Waals surface area contributed by atoms with Gasteiger partial charge in [-0.15, -0.1) is 0 Å². The lowest BCUT2D eigenvalue weighted by Gasteiger charge is -2.33. The Balaban J connectivity index is 1.57. The molecule has 1 atom stereocenters. The van der Waals surface area contributed by atoms with Crippen molar-refractivity contribution in [3.63, 3.8) is 0 Å². The zero-order valence-electron chi connectivity index (χ0n) is 14.8. The van der Waals surface area contributed by atoms with Crippen LogP contribution in [-0.4, -0.2) is 49.1 Å². The van der Waals surface area contributed by atoms with Crippen molar-refractivity contribution < 1.29 is 13.2 Å². The minimum Gasteiger partial charge on any atom is -0.352 e. The molecule has 0 saturated carbocycles. The van der Waals surface area contributed by atoms with Gasteiger partial charge in [-0.3, -0.25) is 4.79 Å². The van der Waals surface area contributed by atoms with Gasteiger partial charge in [-0.1, -0.05) is 29.8 Å². The lowest BCUT2D eigenvalue weighted by molar-refractivity contribution is -0.126. The van der Waals surface area contributed by atoms with Crippen LogP contribution in [0.25, 0.3) is 0 Å². The van der Waals surface area contributed by atoms with Crippen LogP contribution in [0.4, 0.5) is 0 Å². The second kappa shape index (κ2) is 7.85. The zero-order chi connectivity index (χ0) is 17.9. The highest BCUT2D eigenvalue weighted by Gasteiger charge is 2.36. The summed E-state index contributed by atoms with van der Waals surface area (Å²) in [6.07, 6.45) is 3.32. The number of rotatable bonds is 5. The number of benzene rings is 1. The Morgan fingerprint density at radius 2 is 1.72 bits per heavy atom. The van der Waals surface area contributed by atoms with Gasteiger partial charge in [0.15, 0.2) is 0 Å². The number of carbonyl (C=O) groups is 1. The molecule has 1 N–H and O–H groups in total. The van der Waals surface area contributed by atoms with Crippen LogP contribution in [0.1, 0.15) is 36.8 Å². The Morgan fingerprint density at radius 3 is 2.40 bits per heavy atom. The summed E-state index contributed by atoms with van der Waals surface area (Å²) in [6.45, 7) is 4.51. The molecule has 0 radical (unpaired) electrons. The molecule has 25 heavy (non-hydrogen) atoms. The van der Waals surface area contributed by atoms with Crippen molar-refractivity contribution in [1.82, 2.24) is 13.9 Å². The minimum absolute atomic E-state index is 0.0538. The first-order valence-corrected chi connectivity index (χ1v) is 10.4. The van der Waals surface area contributed by atoms with Gasteiger partial charge in [-0.05, 0) is 38.2 Å². The van der Waals surface area contributed by atoms with E-state index in [-0.39, 0.29) is 11.8 Å². The van der Waals surface area contributed by atoms with Crippen molar-refractivity contribution in [2.75, 3.05) is 26.2 Å². The fourth-order valence-corrected chi connectivity index (χ4v) is 5.26. The fraction of sp³-hybridized carbons (Fsp3) is 0.611. The van der Waals surface area contributed by atoms with Crippen LogP contribution >= 0.6 is 0 Å². The van der Waals surface area contributed by atoms with Gasteiger partial charge in [0.25, 0.3) is 10.2 Å².